The van der Waals surface area contributed by atoms with Crippen molar-refractivity contribution in [1.82, 2.24) is 4.90 Å². The summed E-state index contributed by atoms with van der Waals surface area (Å²) in [5.74, 6) is 2.20. The molecule has 1 aliphatic rings. The fraction of sp³-hybridized carbons (Fsp3) is 0.182. The maximum absolute atomic E-state index is 12.4. The lowest BCUT2D eigenvalue weighted by Crippen LogP contribution is -2.27. The Morgan fingerprint density at radius 2 is 1.55 bits per heavy atom. The van der Waals surface area contributed by atoms with E-state index in [2.05, 4.69) is 6.58 Å². The fourth-order valence-corrected chi connectivity index (χ4v) is 3.86. The maximum Gasteiger partial charge on any atom is 0.266 e. The number of carbonyl (C=O) groups excluding carboxylic acids is 1. The van der Waals surface area contributed by atoms with Gasteiger partial charge in [-0.3, -0.25) is 9.69 Å². The third kappa shape index (κ3) is 5.62. The van der Waals surface area contributed by atoms with Crippen LogP contribution in [0.2, 0.25) is 0 Å². The van der Waals surface area contributed by atoms with Crippen LogP contribution < -0.4 is 14.2 Å². The molecule has 1 aliphatic heterocycles. The number of benzene rings is 2. The van der Waals surface area contributed by atoms with Crippen molar-refractivity contribution in [3.63, 3.8) is 0 Å². The number of rotatable bonds is 9. The van der Waals surface area contributed by atoms with E-state index in [0.717, 1.165) is 22.8 Å². The van der Waals surface area contributed by atoms with E-state index in [0.29, 0.717) is 29.0 Å². The van der Waals surface area contributed by atoms with Crippen LogP contribution in [0.1, 0.15) is 5.56 Å². The molecule has 0 unspecified atom stereocenters. The SMILES string of the molecule is C=CCN1C(=O)/C(=C/c2ccc(OCCOc3ccc(OC)cc3)cc2)SC1=S. The molecule has 0 radical (unpaired) electrons. The third-order valence-corrected chi connectivity index (χ3v) is 5.42. The first-order valence-electron chi connectivity index (χ1n) is 8.96. The summed E-state index contributed by atoms with van der Waals surface area (Å²) in [6.07, 6.45) is 3.50. The zero-order chi connectivity index (χ0) is 20.6. The Hall–Kier alpha value is -2.77. The molecule has 0 N–H and O–H groups in total. The molecular formula is C22H21NO4S2. The molecule has 0 aromatic heterocycles. The van der Waals surface area contributed by atoms with Crippen LogP contribution in [-0.4, -0.2) is 42.0 Å². The van der Waals surface area contributed by atoms with Gasteiger partial charge in [-0.05, 0) is 48.0 Å². The Kier molecular flexibility index (Phi) is 7.32. The van der Waals surface area contributed by atoms with E-state index in [1.165, 1.54) is 11.8 Å². The fourth-order valence-electron chi connectivity index (χ4n) is 2.59. The molecule has 0 aliphatic carbocycles. The molecule has 7 heteroatoms. The second-order valence-electron chi connectivity index (χ2n) is 6.02. The molecule has 1 amide bonds. The molecule has 0 saturated carbocycles. The van der Waals surface area contributed by atoms with Crippen LogP contribution in [0.15, 0.2) is 66.1 Å². The van der Waals surface area contributed by atoms with Gasteiger partial charge in [0.25, 0.3) is 5.91 Å². The average Bonchev–Trinajstić information content (AvgIpc) is 3.00. The average molecular weight is 428 g/mol. The first-order valence-corrected chi connectivity index (χ1v) is 10.2. The van der Waals surface area contributed by atoms with Gasteiger partial charge in [-0.2, -0.15) is 0 Å². The molecule has 29 heavy (non-hydrogen) atoms. The van der Waals surface area contributed by atoms with Gasteiger partial charge in [0.15, 0.2) is 0 Å². The summed E-state index contributed by atoms with van der Waals surface area (Å²) >= 11 is 6.55. The first kappa shape index (κ1) is 21.0. The van der Waals surface area contributed by atoms with Crippen LogP contribution in [-0.2, 0) is 4.79 Å². The number of hydrogen-bond acceptors (Lipinski definition) is 6. The molecule has 0 spiro atoms. The molecule has 2 aromatic rings. The van der Waals surface area contributed by atoms with Gasteiger partial charge in [-0.1, -0.05) is 42.2 Å². The Bertz CT molecular complexity index is 907. The molecule has 0 atom stereocenters. The highest BCUT2D eigenvalue weighted by molar-refractivity contribution is 8.26. The topological polar surface area (TPSA) is 48.0 Å². The standard InChI is InChI=1S/C22H21NO4S2/c1-3-12-23-21(24)20(29-22(23)28)15-16-4-6-18(7-5-16)26-13-14-27-19-10-8-17(25-2)9-11-19/h3-11,15H,1,12-14H2,2H3/b20-15-. The number of carbonyl (C=O) groups is 1. The van der Waals surface area contributed by atoms with Crippen molar-refractivity contribution in [2.24, 2.45) is 0 Å². The Balaban J connectivity index is 1.49. The Morgan fingerprint density at radius 3 is 2.10 bits per heavy atom. The summed E-state index contributed by atoms with van der Waals surface area (Å²) < 4.78 is 17.0. The molecule has 0 bridgehead atoms. The van der Waals surface area contributed by atoms with Gasteiger partial charge in [0.1, 0.15) is 34.8 Å². The van der Waals surface area contributed by atoms with E-state index < -0.39 is 0 Å². The minimum Gasteiger partial charge on any atom is -0.497 e. The second-order valence-corrected chi connectivity index (χ2v) is 7.70. The number of amides is 1. The molecule has 150 valence electrons. The van der Waals surface area contributed by atoms with Crippen LogP contribution in [0.5, 0.6) is 17.2 Å². The van der Waals surface area contributed by atoms with Crippen LogP contribution >= 0.6 is 24.0 Å². The lowest BCUT2D eigenvalue weighted by molar-refractivity contribution is -0.121. The van der Waals surface area contributed by atoms with Crippen molar-refractivity contribution >= 4 is 40.3 Å². The molecular weight excluding hydrogens is 406 g/mol. The lowest BCUT2D eigenvalue weighted by atomic mass is 10.2. The molecule has 5 nitrogen and oxygen atoms in total. The normalized spacial score (nSPS) is 14.9. The number of thiocarbonyl (C=S) groups is 1. The number of methoxy groups -OCH3 is 1. The first-order chi connectivity index (χ1) is 14.1. The summed E-state index contributed by atoms with van der Waals surface area (Å²) in [5, 5.41) is 0. The number of hydrogen-bond donors (Lipinski definition) is 0. The highest BCUT2D eigenvalue weighted by Gasteiger charge is 2.30. The van der Waals surface area contributed by atoms with E-state index in [4.69, 9.17) is 26.4 Å². The van der Waals surface area contributed by atoms with Gasteiger partial charge in [0, 0.05) is 6.54 Å². The second kappa shape index (κ2) is 10.1. The van der Waals surface area contributed by atoms with E-state index >= 15 is 0 Å². The van der Waals surface area contributed by atoms with Gasteiger partial charge in [0.05, 0.1) is 12.0 Å². The summed E-state index contributed by atoms with van der Waals surface area (Å²) in [6.45, 7) is 4.93. The largest absolute Gasteiger partial charge is 0.497 e. The van der Waals surface area contributed by atoms with Gasteiger partial charge in [0.2, 0.25) is 0 Å². The van der Waals surface area contributed by atoms with Crippen molar-refractivity contribution < 1.29 is 19.0 Å². The minimum absolute atomic E-state index is 0.0871. The van der Waals surface area contributed by atoms with Crippen molar-refractivity contribution in [2.75, 3.05) is 26.9 Å². The summed E-state index contributed by atoms with van der Waals surface area (Å²) in [6, 6.07) is 14.9. The molecule has 2 aromatic carbocycles. The number of thioether (sulfide) groups is 1. The van der Waals surface area contributed by atoms with E-state index in [1.807, 2.05) is 54.6 Å². The zero-order valence-electron chi connectivity index (χ0n) is 16.0. The molecule has 3 rings (SSSR count). The summed E-state index contributed by atoms with van der Waals surface area (Å²) in [4.78, 5) is 14.5. The van der Waals surface area contributed by atoms with E-state index in [-0.39, 0.29) is 5.91 Å². The van der Waals surface area contributed by atoms with E-state index in [1.54, 1.807) is 18.1 Å². The molecule has 1 fully saturated rings. The van der Waals surface area contributed by atoms with Gasteiger partial charge < -0.3 is 14.2 Å². The van der Waals surface area contributed by atoms with Crippen LogP contribution in [0.3, 0.4) is 0 Å². The van der Waals surface area contributed by atoms with Gasteiger partial charge in [-0.25, -0.2) is 0 Å². The van der Waals surface area contributed by atoms with Crippen LogP contribution in [0.25, 0.3) is 6.08 Å². The van der Waals surface area contributed by atoms with Crippen LogP contribution in [0.4, 0.5) is 0 Å². The third-order valence-electron chi connectivity index (χ3n) is 4.04. The number of nitrogens with zero attached hydrogens (tertiary/aromatic N) is 1. The predicted molar refractivity (Wildman–Crippen MR) is 121 cm³/mol. The molecule has 1 heterocycles. The molecule has 1 saturated heterocycles. The Labute approximate surface area is 179 Å². The quantitative estimate of drug-likeness (QED) is 0.253. The Morgan fingerprint density at radius 1 is 1.00 bits per heavy atom. The predicted octanol–water partition coefficient (Wildman–Crippen LogP) is 4.54. The smallest absolute Gasteiger partial charge is 0.266 e. The van der Waals surface area contributed by atoms with E-state index in [9.17, 15) is 4.79 Å². The maximum atomic E-state index is 12.4. The van der Waals surface area contributed by atoms with Crippen LogP contribution in [0, 0.1) is 0 Å². The van der Waals surface area contributed by atoms with Crippen molar-refractivity contribution in [3.05, 3.63) is 71.7 Å². The highest BCUT2D eigenvalue weighted by Crippen LogP contribution is 2.32. The number of ether oxygens (including phenoxy) is 3. The monoisotopic (exact) mass is 427 g/mol. The lowest BCUT2D eigenvalue weighted by Gasteiger charge is -2.10. The minimum atomic E-state index is -0.0871. The highest BCUT2D eigenvalue weighted by atomic mass is 32.2. The van der Waals surface area contributed by atoms with Crippen molar-refractivity contribution in [2.45, 2.75) is 0 Å². The summed E-state index contributed by atoms with van der Waals surface area (Å²) in [7, 11) is 1.63. The van der Waals surface area contributed by atoms with Crippen molar-refractivity contribution in [3.8, 4) is 17.2 Å². The van der Waals surface area contributed by atoms with Gasteiger partial charge in [-0.15, -0.1) is 6.58 Å². The zero-order valence-corrected chi connectivity index (χ0v) is 17.6. The van der Waals surface area contributed by atoms with Crippen molar-refractivity contribution in [1.29, 1.82) is 0 Å². The summed E-state index contributed by atoms with van der Waals surface area (Å²) in [5.41, 5.74) is 0.908. The van der Waals surface area contributed by atoms with Gasteiger partial charge >= 0.3 is 0 Å².